The molecule has 3 amide bonds. The fourth-order valence-corrected chi connectivity index (χ4v) is 4.37. The van der Waals surface area contributed by atoms with Gasteiger partial charge in [-0.1, -0.05) is 11.3 Å². The van der Waals surface area contributed by atoms with E-state index >= 15 is 0 Å². The smallest absolute Gasteiger partial charge is 0.412 e. The molecule has 12 nitrogen and oxygen atoms in total. The predicted molar refractivity (Wildman–Crippen MR) is 143 cm³/mol. The van der Waals surface area contributed by atoms with Crippen molar-refractivity contribution in [2.24, 2.45) is 0 Å². The molecule has 1 saturated heterocycles. The van der Waals surface area contributed by atoms with E-state index in [0.717, 1.165) is 19.5 Å². The number of aromatic nitrogens is 3. The molecule has 0 saturated carbocycles. The first kappa shape index (κ1) is 27.0. The molecule has 1 aromatic carbocycles. The summed E-state index contributed by atoms with van der Waals surface area (Å²) in [5.41, 5.74) is 0.907. The van der Waals surface area contributed by atoms with Crippen molar-refractivity contribution in [1.29, 1.82) is 0 Å². The van der Waals surface area contributed by atoms with E-state index < -0.39 is 17.2 Å². The Balaban J connectivity index is 1.70. The highest BCUT2D eigenvalue weighted by molar-refractivity contribution is 7.17. The van der Waals surface area contributed by atoms with Gasteiger partial charge < -0.3 is 25.0 Å². The molecule has 1 aliphatic rings. The van der Waals surface area contributed by atoms with E-state index in [4.69, 9.17) is 28.3 Å². The summed E-state index contributed by atoms with van der Waals surface area (Å²) in [4.78, 5) is 43.7. The average Bonchev–Trinajstić information content (AvgIpc) is 3.32. The van der Waals surface area contributed by atoms with Crippen LogP contribution >= 0.6 is 11.3 Å². The molecule has 2 aromatic heterocycles. The van der Waals surface area contributed by atoms with E-state index in [1.165, 1.54) is 31.6 Å². The second kappa shape index (κ2) is 11.1. The third-order valence-electron chi connectivity index (χ3n) is 5.33. The van der Waals surface area contributed by atoms with Crippen LogP contribution in [0.5, 0.6) is 5.75 Å². The summed E-state index contributed by atoms with van der Waals surface area (Å²) in [5.74, 6) is -0.532. The van der Waals surface area contributed by atoms with Crippen LogP contribution in [0.1, 0.15) is 26.6 Å². The van der Waals surface area contributed by atoms with Crippen molar-refractivity contribution in [2.75, 3.05) is 37.9 Å². The Morgan fingerprint density at radius 3 is 2.50 bits per heavy atom. The Hall–Kier alpha value is -4.07. The lowest BCUT2D eigenvalue weighted by atomic mass is 9.49. The Labute approximate surface area is 226 Å². The summed E-state index contributed by atoms with van der Waals surface area (Å²) < 4.78 is 10.2. The molecule has 0 aliphatic carbocycles. The molecular formula is C22H20B3N7O5S. The lowest BCUT2D eigenvalue weighted by Crippen LogP contribution is -2.50. The molecule has 188 valence electrons. The maximum atomic E-state index is 12.8. The number of anilines is 3. The standard InChI is InChI=1S/C22H20B3N7O5S/c1-36-17-11(19-26-10-14(38-19)20(34)32-7-4-8-32)5-3-6-12(17)27-13-9-15(28-21(35)37-2)30-31-16(13)18(33)29-22(23,24)25/h3,5-6,9-10H,4,7-8H2,1-2H3,(H,29,33)(H2,27,28,30,35). The minimum Gasteiger partial charge on any atom is -0.494 e. The molecule has 1 aliphatic heterocycles. The van der Waals surface area contributed by atoms with Gasteiger partial charge in [-0.15, -0.1) is 21.5 Å². The van der Waals surface area contributed by atoms with Crippen LogP contribution in [-0.2, 0) is 4.74 Å². The van der Waals surface area contributed by atoms with E-state index in [2.05, 4.69) is 35.9 Å². The van der Waals surface area contributed by atoms with Gasteiger partial charge in [-0.3, -0.25) is 14.9 Å². The first-order chi connectivity index (χ1) is 18.1. The van der Waals surface area contributed by atoms with Crippen LogP contribution in [0.4, 0.5) is 22.0 Å². The molecule has 3 N–H and O–H groups in total. The molecule has 3 heterocycles. The molecule has 1 fully saturated rings. The van der Waals surface area contributed by atoms with Crippen LogP contribution in [0.2, 0.25) is 0 Å². The van der Waals surface area contributed by atoms with E-state index in [1.807, 2.05) is 0 Å². The van der Waals surface area contributed by atoms with Gasteiger partial charge in [-0.05, 0) is 18.6 Å². The summed E-state index contributed by atoms with van der Waals surface area (Å²) in [6.07, 6.45) is 1.74. The first-order valence-corrected chi connectivity index (χ1v) is 12.0. The number of para-hydroxylation sites is 1. The third-order valence-corrected chi connectivity index (χ3v) is 6.35. The molecule has 6 radical (unpaired) electrons. The van der Waals surface area contributed by atoms with Gasteiger partial charge in [0, 0.05) is 19.2 Å². The zero-order valence-electron chi connectivity index (χ0n) is 20.5. The van der Waals surface area contributed by atoms with Gasteiger partial charge >= 0.3 is 6.09 Å². The highest BCUT2D eigenvalue weighted by atomic mass is 32.1. The van der Waals surface area contributed by atoms with Crippen molar-refractivity contribution in [3.05, 3.63) is 41.0 Å². The Bertz CT molecular complexity index is 1380. The zero-order valence-corrected chi connectivity index (χ0v) is 21.3. The van der Waals surface area contributed by atoms with Crippen molar-refractivity contribution in [3.8, 4) is 16.3 Å². The average molecular weight is 527 g/mol. The van der Waals surface area contributed by atoms with Crippen LogP contribution in [-0.4, -0.2) is 94.1 Å². The second-order valence-electron chi connectivity index (χ2n) is 8.18. The number of hydrogen-bond acceptors (Lipinski definition) is 10. The lowest BCUT2D eigenvalue weighted by molar-refractivity contribution is 0.0656. The molecule has 0 atom stereocenters. The first-order valence-electron chi connectivity index (χ1n) is 11.2. The second-order valence-corrected chi connectivity index (χ2v) is 9.21. The van der Waals surface area contributed by atoms with E-state index in [1.54, 1.807) is 29.3 Å². The quantitative estimate of drug-likeness (QED) is 0.368. The maximum Gasteiger partial charge on any atom is 0.412 e. The van der Waals surface area contributed by atoms with Gasteiger partial charge in [0.15, 0.2) is 17.3 Å². The van der Waals surface area contributed by atoms with Crippen molar-refractivity contribution < 1.29 is 23.9 Å². The maximum absolute atomic E-state index is 12.8. The Morgan fingerprint density at radius 2 is 1.87 bits per heavy atom. The largest absolute Gasteiger partial charge is 0.494 e. The number of rotatable bonds is 8. The van der Waals surface area contributed by atoms with E-state index in [9.17, 15) is 14.4 Å². The Morgan fingerprint density at radius 1 is 1.11 bits per heavy atom. The molecule has 0 unspecified atom stereocenters. The fourth-order valence-electron chi connectivity index (χ4n) is 3.47. The summed E-state index contributed by atoms with van der Waals surface area (Å²) in [6.45, 7) is 1.47. The number of nitrogens with zero attached hydrogens (tertiary/aromatic N) is 4. The van der Waals surface area contributed by atoms with Crippen molar-refractivity contribution in [2.45, 2.75) is 11.7 Å². The highest BCUT2D eigenvalue weighted by Gasteiger charge is 2.25. The lowest BCUT2D eigenvalue weighted by Gasteiger charge is -2.30. The minimum absolute atomic E-state index is 0.0143. The van der Waals surface area contributed by atoms with Gasteiger partial charge in [0.05, 0.1) is 60.9 Å². The number of carbonyl (C=O) groups is 3. The predicted octanol–water partition coefficient (Wildman–Crippen LogP) is 1.22. The van der Waals surface area contributed by atoms with Gasteiger partial charge in [0.1, 0.15) is 9.88 Å². The summed E-state index contributed by atoms with van der Waals surface area (Å²) in [7, 11) is 19.2. The van der Waals surface area contributed by atoms with Gasteiger partial charge in [-0.2, -0.15) is 0 Å². The van der Waals surface area contributed by atoms with Crippen molar-refractivity contribution in [1.82, 2.24) is 25.4 Å². The highest BCUT2D eigenvalue weighted by Crippen LogP contribution is 2.40. The molecule has 0 bridgehead atoms. The van der Waals surface area contributed by atoms with E-state index in [-0.39, 0.29) is 23.1 Å². The molecule has 38 heavy (non-hydrogen) atoms. The number of hydrogen-bond donors (Lipinski definition) is 3. The summed E-state index contributed by atoms with van der Waals surface area (Å²) in [6, 6.07) is 6.57. The molecular weight excluding hydrogens is 507 g/mol. The molecule has 16 heteroatoms. The third kappa shape index (κ3) is 6.07. The fraction of sp³-hybridized carbons (Fsp3) is 0.273. The van der Waals surface area contributed by atoms with Crippen LogP contribution in [0, 0.1) is 0 Å². The summed E-state index contributed by atoms with van der Waals surface area (Å²) >= 11 is 1.24. The van der Waals surface area contributed by atoms with Gasteiger partial charge in [0.2, 0.25) is 0 Å². The van der Waals surface area contributed by atoms with Crippen molar-refractivity contribution in [3.63, 3.8) is 0 Å². The number of thiazole rings is 1. The van der Waals surface area contributed by atoms with Crippen LogP contribution in [0.3, 0.4) is 0 Å². The zero-order chi connectivity index (χ0) is 27.4. The van der Waals surface area contributed by atoms with Crippen molar-refractivity contribution >= 4 is 70.0 Å². The topological polar surface area (TPSA) is 148 Å². The van der Waals surface area contributed by atoms with Gasteiger partial charge in [0.25, 0.3) is 11.8 Å². The number of benzene rings is 1. The molecule has 4 rings (SSSR count). The van der Waals surface area contributed by atoms with Gasteiger partial charge in [-0.25, -0.2) is 9.78 Å². The van der Waals surface area contributed by atoms with Crippen LogP contribution < -0.4 is 20.7 Å². The number of ether oxygens (including phenoxy) is 2. The minimum atomic E-state index is -2.02. The number of amides is 3. The summed E-state index contributed by atoms with van der Waals surface area (Å²) in [5, 5.41) is 13.9. The number of methoxy groups -OCH3 is 2. The SMILES string of the molecule is [B]C([B])([B])NC(=O)c1nnc(NC(=O)OC)cc1Nc1cccc(-c2ncc(C(=O)N3CCC3)s2)c1OC. The Kier molecular flexibility index (Phi) is 7.90. The number of nitrogens with one attached hydrogen (secondary N) is 3. The monoisotopic (exact) mass is 527 g/mol. The molecule has 0 spiro atoms. The van der Waals surface area contributed by atoms with Crippen LogP contribution in [0.25, 0.3) is 10.6 Å². The molecule has 3 aromatic rings. The van der Waals surface area contributed by atoms with Crippen LogP contribution in [0.15, 0.2) is 30.5 Å². The number of carbonyl (C=O) groups excluding carboxylic acids is 3. The number of likely N-dealkylation sites (tertiary alicyclic amines) is 1. The van der Waals surface area contributed by atoms with E-state index in [0.29, 0.717) is 26.9 Å². The normalized spacial score (nSPS) is 12.7.